The van der Waals surface area contributed by atoms with Gasteiger partial charge in [0.2, 0.25) is 11.7 Å². The van der Waals surface area contributed by atoms with Gasteiger partial charge >= 0.3 is 5.97 Å². The molecule has 8 heteroatoms. The fourth-order valence-electron chi connectivity index (χ4n) is 1.55. The van der Waals surface area contributed by atoms with Gasteiger partial charge < -0.3 is 10.0 Å². The molecule has 2 rings (SSSR count). The highest BCUT2D eigenvalue weighted by Crippen LogP contribution is 2.11. The van der Waals surface area contributed by atoms with Gasteiger partial charge in [0.1, 0.15) is 13.1 Å². The van der Waals surface area contributed by atoms with Gasteiger partial charge in [0.25, 0.3) is 0 Å². The van der Waals surface area contributed by atoms with E-state index in [-0.39, 0.29) is 13.1 Å². The molecule has 1 aromatic carbocycles. The first-order valence-corrected chi connectivity index (χ1v) is 5.85. The molecule has 1 aromatic heterocycles. The van der Waals surface area contributed by atoms with Crippen LogP contribution in [0.2, 0.25) is 0 Å². The molecular weight excluding hydrogens is 262 g/mol. The van der Waals surface area contributed by atoms with Gasteiger partial charge in [-0.1, -0.05) is 30.3 Å². The van der Waals surface area contributed by atoms with Crippen molar-refractivity contribution in [3.8, 4) is 11.4 Å². The first kappa shape index (κ1) is 13.7. The van der Waals surface area contributed by atoms with Gasteiger partial charge in [0, 0.05) is 12.6 Å². The third-order valence-electron chi connectivity index (χ3n) is 2.56. The lowest BCUT2D eigenvalue weighted by molar-refractivity contribution is -0.143. The van der Waals surface area contributed by atoms with Crippen LogP contribution in [-0.2, 0) is 16.1 Å². The number of benzene rings is 1. The van der Waals surface area contributed by atoms with Crippen LogP contribution >= 0.6 is 0 Å². The standard InChI is InChI=1S/C12H13N5O3/c1-16(8-11(19)20)10(18)7-17-14-12(13-15-17)9-5-3-2-4-6-9/h2-6H,7-8H2,1H3,(H,19,20). The molecule has 0 unspecified atom stereocenters. The summed E-state index contributed by atoms with van der Waals surface area (Å²) in [7, 11) is 1.41. The molecule has 0 fully saturated rings. The molecule has 0 aliphatic rings. The minimum Gasteiger partial charge on any atom is -0.480 e. The highest BCUT2D eigenvalue weighted by molar-refractivity contribution is 5.80. The molecular formula is C12H13N5O3. The maximum absolute atomic E-state index is 11.7. The second-order valence-corrected chi connectivity index (χ2v) is 4.15. The van der Waals surface area contributed by atoms with E-state index in [1.54, 1.807) is 0 Å². The summed E-state index contributed by atoms with van der Waals surface area (Å²) in [4.78, 5) is 24.5. The maximum atomic E-state index is 11.7. The summed E-state index contributed by atoms with van der Waals surface area (Å²) in [5, 5.41) is 20.3. The van der Waals surface area contributed by atoms with E-state index in [1.807, 2.05) is 30.3 Å². The number of hydrogen-bond donors (Lipinski definition) is 1. The van der Waals surface area contributed by atoms with Gasteiger partial charge in [0.15, 0.2) is 0 Å². The van der Waals surface area contributed by atoms with Crippen LogP contribution < -0.4 is 0 Å². The smallest absolute Gasteiger partial charge is 0.323 e. The average Bonchev–Trinajstić information content (AvgIpc) is 2.87. The molecule has 104 valence electrons. The van der Waals surface area contributed by atoms with Gasteiger partial charge in [-0.25, -0.2) is 0 Å². The van der Waals surface area contributed by atoms with Crippen molar-refractivity contribution in [3.05, 3.63) is 30.3 Å². The van der Waals surface area contributed by atoms with Gasteiger partial charge in [-0.3, -0.25) is 9.59 Å². The van der Waals surface area contributed by atoms with Gasteiger partial charge in [0.05, 0.1) is 0 Å². The fraction of sp³-hybridized carbons (Fsp3) is 0.250. The number of carboxylic acids is 1. The van der Waals surface area contributed by atoms with E-state index in [4.69, 9.17) is 5.11 Å². The normalized spacial score (nSPS) is 10.2. The number of nitrogens with zero attached hydrogens (tertiary/aromatic N) is 5. The number of carbonyl (C=O) groups is 2. The monoisotopic (exact) mass is 275 g/mol. The van der Waals surface area contributed by atoms with Crippen molar-refractivity contribution in [1.82, 2.24) is 25.1 Å². The molecule has 0 saturated carbocycles. The second kappa shape index (κ2) is 5.91. The van der Waals surface area contributed by atoms with Crippen molar-refractivity contribution in [3.63, 3.8) is 0 Å². The number of rotatable bonds is 5. The molecule has 1 N–H and O–H groups in total. The van der Waals surface area contributed by atoms with Crippen molar-refractivity contribution >= 4 is 11.9 Å². The van der Waals surface area contributed by atoms with E-state index in [0.29, 0.717) is 5.82 Å². The molecule has 0 radical (unpaired) electrons. The number of aliphatic carboxylic acids is 1. The molecule has 0 aliphatic carbocycles. The molecule has 8 nitrogen and oxygen atoms in total. The molecule has 20 heavy (non-hydrogen) atoms. The molecule has 1 amide bonds. The van der Waals surface area contributed by atoms with E-state index >= 15 is 0 Å². The third kappa shape index (κ3) is 3.37. The quantitative estimate of drug-likeness (QED) is 0.816. The van der Waals surface area contributed by atoms with Gasteiger partial charge in [-0.2, -0.15) is 4.80 Å². The Morgan fingerprint density at radius 1 is 1.30 bits per heavy atom. The Hall–Kier alpha value is -2.77. The van der Waals surface area contributed by atoms with Crippen molar-refractivity contribution in [2.45, 2.75) is 6.54 Å². The first-order chi connectivity index (χ1) is 9.56. The van der Waals surface area contributed by atoms with Crippen molar-refractivity contribution in [2.75, 3.05) is 13.6 Å². The summed E-state index contributed by atoms with van der Waals surface area (Å²) in [6, 6.07) is 9.24. The number of tetrazole rings is 1. The molecule has 1 heterocycles. The highest BCUT2D eigenvalue weighted by atomic mass is 16.4. The van der Waals surface area contributed by atoms with E-state index in [1.165, 1.54) is 7.05 Å². The summed E-state index contributed by atoms with van der Waals surface area (Å²) in [5.74, 6) is -1.05. The van der Waals surface area contributed by atoms with Crippen LogP contribution in [0.4, 0.5) is 0 Å². The lowest BCUT2D eigenvalue weighted by Gasteiger charge is -2.13. The summed E-state index contributed by atoms with van der Waals surface area (Å²) >= 11 is 0. The summed E-state index contributed by atoms with van der Waals surface area (Å²) < 4.78 is 0. The maximum Gasteiger partial charge on any atom is 0.323 e. The number of carboxylic acid groups (broad SMARTS) is 1. The minimum absolute atomic E-state index is 0.149. The number of hydrogen-bond acceptors (Lipinski definition) is 5. The topological polar surface area (TPSA) is 101 Å². The van der Waals surface area contributed by atoms with Crippen LogP contribution in [0.5, 0.6) is 0 Å². The van der Waals surface area contributed by atoms with Crippen LogP contribution in [0.1, 0.15) is 0 Å². The van der Waals surface area contributed by atoms with E-state index in [2.05, 4.69) is 15.4 Å². The van der Waals surface area contributed by atoms with Crippen LogP contribution in [0.15, 0.2) is 30.3 Å². The Morgan fingerprint density at radius 2 is 2.00 bits per heavy atom. The molecule has 0 bridgehead atoms. The van der Waals surface area contributed by atoms with Crippen LogP contribution in [0.25, 0.3) is 11.4 Å². The molecule has 2 aromatic rings. The lowest BCUT2D eigenvalue weighted by atomic mass is 10.2. The van der Waals surface area contributed by atoms with Crippen LogP contribution in [-0.4, -0.2) is 55.7 Å². The van der Waals surface area contributed by atoms with Crippen molar-refractivity contribution in [2.24, 2.45) is 0 Å². The second-order valence-electron chi connectivity index (χ2n) is 4.15. The molecule has 0 spiro atoms. The SMILES string of the molecule is CN(CC(=O)O)C(=O)Cn1nnc(-c2ccccc2)n1. The number of aromatic nitrogens is 4. The summed E-state index contributed by atoms with van der Waals surface area (Å²) in [5.41, 5.74) is 0.796. The third-order valence-corrected chi connectivity index (χ3v) is 2.56. The van der Waals surface area contributed by atoms with Gasteiger partial charge in [-0.05, 0) is 5.21 Å². The summed E-state index contributed by atoms with van der Waals surface area (Å²) in [6.07, 6.45) is 0. The molecule has 0 saturated heterocycles. The molecule has 0 atom stereocenters. The lowest BCUT2D eigenvalue weighted by Crippen LogP contribution is -2.34. The van der Waals surface area contributed by atoms with Crippen LogP contribution in [0.3, 0.4) is 0 Å². The van der Waals surface area contributed by atoms with Gasteiger partial charge in [-0.15, -0.1) is 10.2 Å². The Morgan fingerprint density at radius 3 is 2.65 bits per heavy atom. The largest absolute Gasteiger partial charge is 0.480 e. The Labute approximate surface area is 114 Å². The zero-order valence-corrected chi connectivity index (χ0v) is 10.8. The van der Waals surface area contributed by atoms with E-state index in [0.717, 1.165) is 15.3 Å². The van der Waals surface area contributed by atoms with E-state index in [9.17, 15) is 9.59 Å². The summed E-state index contributed by atoms with van der Waals surface area (Å²) in [6.45, 7) is -0.511. The predicted molar refractivity (Wildman–Crippen MR) is 68.5 cm³/mol. The zero-order valence-electron chi connectivity index (χ0n) is 10.8. The van der Waals surface area contributed by atoms with Crippen molar-refractivity contribution < 1.29 is 14.7 Å². The van der Waals surface area contributed by atoms with Crippen LogP contribution in [0, 0.1) is 0 Å². The predicted octanol–water partition coefficient (Wildman–Crippen LogP) is -0.117. The average molecular weight is 275 g/mol. The first-order valence-electron chi connectivity index (χ1n) is 5.85. The molecule has 0 aliphatic heterocycles. The Kier molecular flexibility index (Phi) is 4.04. The fourth-order valence-corrected chi connectivity index (χ4v) is 1.55. The van der Waals surface area contributed by atoms with E-state index < -0.39 is 11.9 Å². The minimum atomic E-state index is -1.07. The number of likely N-dealkylation sites (N-methyl/N-ethyl adjacent to an activating group) is 1. The Bertz CT molecular complexity index is 611. The number of carbonyl (C=O) groups excluding carboxylic acids is 1. The zero-order chi connectivity index (χ0) is 14.5. The Balaban J connectivity index is 2.03. The van der Waals surface area contributed by atoms with Crippen molar-refractivity contribution in [1.29, 1.82) is 0 Å². The number of amides is 1. The highest BCUT2D eigenvalue weighted by Gasteiger charge is 2.14.